The molecule has 0 aliphatic carbocycles. The van der Waals surface area contributed by atoms with Crippen molar-refractivity contribution in [3.05, 3.63) is 29.8 Å². The highest BCUT2D eigenvalue weighted by atomic mass is 32.2. The van der Waals surface area contributed by atoms with Gasteiger partial charge in [-0.3, -0.25) is 4.79 Å². The van der Waals surface area contributed by atoms with E-state index in [1.54, 1.807) is 6.21 Å². The largest absolute Gasteiger partial charge is 0.493 e. The van der Waals surface area contributed by atoms with Crippen LogP contribution in [0, 0.1) is 5.92 Å². The number of hydrogen-bond donors (Lipinski definition) is 0. The van der Waals surface area contributed by atoms with E-state index in [2.05, 4.69) is 18.9 Å². The van der Waals surface area contributed by atoms with Gasteiger partial charge in [0.2, 0.25) is 0 Å². The van der Waals surface area contributed by atoms with E-state index in [0.29, 0.717) is 22.6 Å². The zero-order valence-corrected chi connectivity index (χ0v) is 13.0. The molecule has 1 aromatic rings. The van der Waals surface area contributed by atoms with Gasteiger partial charge in [-0.05, 0) is 18.1 Å². The maximum Gasteiger partial charge on any atom is 0.259 e. The molecular weight excluding hydrogens is 292 g/mol. The van der Waals surface area contributed by atoms with Crippen molar-refractivity contribution in [2.24, 2.45) is 11.0 Å². The molecule has 1 fully saturated rings. The monoisotopic (exact) mass is 308 g/mol. The molecule has 0 aromatic heterocycles. The van der Waals surface area contributed by atoms with Gasteiger partial charge in [-0.1, -0.05) is 50.0 Å². The maximum atomic E-state index is 11.6. The van der Waals surface area contributed by atoms with E-state index in [-0.39, 0.29) is 5.91 Å². The topological polar surface area (TPSA) is 41.9 Å². The molecule has 1 aliphatic heterocycles. The fourth-order valence-corrected chi connectivity index (χ4v) is 2.52. The van der Waals surface area contributed by atoms with Crippen LogP contribution in [0.3, 0.4) is 0 Å². The van der Waals surface area contributed by atoms with Crippen LogP contribution < -0.4 is 4.74 Å². The van der Waals surface area contributed by atoms with Crippen LogP contribution in [0.2, 0.25) is 0 Å². The number of nitrogens with zero attached hydrogens (tertiary/aromatic N) is 2. The van der Waals surface area contributed by atoms with Gasteiger partial charge in [0.05, 0.1) is 18.6 Å². The number of amides is 1. The molecular formula is C14H16N2O2S2. The molecule has 0 saturated carbocycles. The number of carbonyl (C=O) groups is 1. The minimum absolute atomic E-state index is 0.0863. The summed E-state index contributed by atoms with van der Waals surface area (Å²) in [5, 5.41) is 5.42. The Labute approximate surface area is 128 Å². The minimum atomic E-state index is -0.0863. The summed E-state index contributed by atoms with van der Waals surface area (Å²) in [6, 6.07) is 7.61. The number of carbonyl (C=O) groups excluding carboxylic acids is 1. The lowest BCUT2D eigenvalue weighted by atomic mass is 10.2. The molecule has 0 atom stereocenters. The third kappa shape index (κ3) is 3.80. The highest BCUT2D eigenvalue weighted by molar-refractivity contribution is 8.23. The lowest BCUT2D eigenvalue weighted by molar-refractivity contribution is -0.123. The van der Waals surface area contributed by atoms with E-state index in [1.165, 1.54) is 16.8 Å². The van der Waals surface area contributed by atoms with Crippen LogP contribution in [0.15, 0.2) is 29.4 Å². The Morgan fingerprint density at radius 3 is 2.90 bits per heavy atom. The summed E-state index contributed by atoms with van der Waals surface area (Å²) in [7, 11) is 0. The molecule has 0 unspecified atom stereocenters. The van der Waals surface area contributed by atoms with Crippen LogP contribution in [0.5, 0.6) is 5.75 Å². The molecule has 1 aliphatic rings. The zero-order chi connectivity index (χ0) is 14.5. The summed E-state index contributed by atoms with van der Waals surface area (Å²) in [6.07, 6.45) is 1.62. The average Bonchev–Trinajstić information content (AvgIpc) is 2.74. The molecule has 1 aromatic carbocycles. The van der Waals surface area contributed by atoms with Crippen molar-refractivity contribution < 1.29 is 9.53 Å². The normalized spacial score (nSPS) is 15.7. The molecule has 6 heteroatoms. The molecule has 4 nitrogen and oxygen atoms in total. The first-order valence-corrected chi connectivity index (χ1v) is 7.73. The molecule has 2 rings (SSSR count). The third-order valence-corrected chi connectivity index (χ3v) is 3.87. The van der Waals surface area contributed by atoms with Gasteiger partial charge >= 0.3 is 0 Å². The van der Waals surface area contributed by atoms with E-state index in [0.717, 1.165) is 11.3 Å². The standard InChI is InChI=1S/C14H16N2O2S2/c1-10(2)8-18-12-6-4-3-5-11(12)7-15-16-13(17)9-20-14(16)19/h3-7,10H,8-9H2,1-2H3/b15-7-. The number of thiocarbonyl (C=S) groups is 1. The molecule has 20 heavy (non-hydrogen) atoms. The number of ether oxygens (including phenoxy) is 1. The second kappa shape index (κ2) is 6.85. The Morgan fingerprint density at radius 1 is 1.50 bits per heavy atom. The van der Waals surface area contributed by atoms with E-state index < -0.39 is 0 Å². The van der Waals surface area contributed by atoms with Crippen molar-refractivity contribution >= 4 is 40.4 Å². The summed E-state index contributed by atoms with van der Waals surface area (Å²) in [6.45, 7) is 4.83. The number of hydrazone groups is 1. The van der Waals surface area contributed by atoms with E-state index in [4.69, 9.17) is 17.0 Å². The predicted octanol–water partition coefficient (Wildman–Crippen LogP) is 2.92. The van der Waals surface area contributed by atoms with Crippen molar-refractivity contribution in [3.63, 3.8) is 0 Å². The van der Waals surface area contributed by atoms with Gasteiger partial charge in [-0.25, -0.2) is 0 Å². The van der Waals surface area contributed by atoms with Gasteiger partial charge in [-0.15, -0.1) is 0 Å². The summed E-state index contributed by atoms with van der Waals surface area (Å²) < 4.78 is 6.23. The predicted molar refractivity (Wildman–Crippen MR) is 86.3 cm³/mol. The highest BCUT2D eigenvalue weighted by Crippen LogP contribution is 2.21. The number of para-hydroxylation sites is 1. The molecule has 106 valence electrons. The van der Waals surface area contributed by atoms with Gasteiger partial charge in [0.15, 0.2) is 4.32 Å². The summed E-state index contributed by atoms with van der Waals surface area (Å²) in [5.74, 6) is 1.48. The van der Waals surface area contributed by atoms with Crippen LogP contribution in [0.1, 0.15) is 19.4 Å². The van der Waals surface area contributed by atoms with Crippen molar-refractivity contribution in [1.29, 1.82) is 0 Å². The molecule has 0 spiro atoms. The van der Waals surface area contributed by atoms with E-state index in [1.807, 2.05) is 24.3 Å². The number of benzene rings is 1. The van der Waals surface area contributed by atoms with Gasteiger partial charge in [0.25, 0.3) is 5.91 Å². The maximum absolute atomic E-state index is 11.6. The molecule has 0 radical (unpaired) electrons. The number of rotatable bonds is 5. The smallest absolute Gasteiger partial charge is 0.259 e. The van der Waals surface area contributed by atoms with Crippen molar-refractivity contribution in [3.8, 4) is 5.75 Å². The van der Waals surface area contributed by atoms with Gasteiger partial charge < -0.3 is 4.74 Å². The van der Waals surface area contributed by atoms with Crippen LogP contribution in [0.4, 0.5) is 0 Å². The Morgan fingerprint density at radius 2 is 2.25 bits per heavy atom. The fourth-order valence-electron chi connectivity index (χ4n) is 1.55. The second-order valence-electron chi connectivity index (χ2n) is 4.75. The summed E-state index contributed by atoms with van der Waals surface area (Å²) >= 11 is 6.40. The SMILES string of the molecule is CC(C)COc1ccccc1/C=N\N1C(=O)CSC1=S. The Kier molecular flexibility index (Phi) is 5.14. The third-order valence-electron chi connectivity index (χ3n) is 2.53. The average molecular weight is 308 g/mol. The van der Waals surface area contributed by atoms with E-state index >= 15 is 0 Å². The van der Waals surface area contributed by atoms with Crippen molar-refractivity contribution in [2.75, 3.05) is 12.4 Å². The molecule has 1 amide bonds. The highest BCUT2D eigenvalue weighted by Gasteiger charge is 2.26. The first-order valence-electron chi connectivity index (χ1n) is 6.33. The van der Waals surface area contributed by atoms with E-state index in [9.17, 15) is 4.79 Å². The van der Waals surface area contributed by atoms with Crippen LogP contribution in [0.25, 0.3) is 0 Å². The molecule has 1 saturated heterocycles. The van der Waals surface area contributed by atoms with Gasteiger partial charge in [0, 0.05) is 5.56 Å². The molecule has 0 bridgehead atoms. The first-order chi connectivity index (χ1) is 9.58. The Hall–Kier alpha value is -1.40. The molecule has 1 heterocycles. The summed E-state index contributed by atoms with van der Waals surface area (Å²) in [4.78, 5) is 11.6. The van der Waals surface area contributed by atoms with Crippen molar-refractivity contribution in [2.45, 2.75) is 13.8 Å². The zero-order valence-electron chi connectivity index (χ0n) is 11.4. The lowest BCUT2D eigenvalue weighted by Gasteiger charge is -2.11. The van der Waals surface area contributed by atoms with Crippen LogP contribution in [-0.2, 0) is 4.79 Å². The van der Waals surface area contributed by atoms with Crippen LogP contribution >= 0.6 is 24.0 Å². The number of hydrogen-bond acceptors (Lipinski definition) is 5. The second-order valence-corrected chi connectivity index (χ2v) is 6.36. The van der Waals surface area contributed by atoms with Crippen molar-refractivity contribution in [1.82, 2.24) is 5.01 Å². The van der Waals surface area contributed by atoms with Gasteiger partial charge in [-0.2, -0.15) is 10.1 Å². The fraction of sp³-hybridized carbons (Fsp3) is 0.357. The quantitative estimate of drug-likeness (QED) is 0.619. The lowest BCUT2D eigenvalue weighted by Crippen LogP contribution is -2.22. The van der Waals surface area contributed by atoms with Crippen LogP contribution in [-0.4, -0.2) is 33.8 Å². The summed E-state index contributed by atoms with van der Waals surface area (Å²) in [5.41, 5.74) is 0.834. The Bertz CT molecular complexity index is 528. The Balaban J connectivity index is 2.12. The number of thioether (sulfide) groups is 1. The van der Waals surface area contributed by atoms with Gasteiger partial charge in [0.1, 0.15) is 5.75 Å². The molecule has 0 N–H and O–H groups in total. The first kappa shape index (κ1) is 15.0. The minimum Gasteiger partial charge on any atom is -0.493 e.